The second kappa shape index (κ2) is 3.38. The second-order valence-electron chi connectivity index (χ2n) is 5.98. The van der Waals surface area contributed by atoms with Crippen LogP contribution in [-0.4, -0.2) is 0 Å². The van der Waals surface area contributed by atoms with Gasteiger partial charge in [-0.05, 0) is 6.07 Å². The highest BCUT2D eigenvalue weighted by Crippen LogP contribution is 2.21. The van der Waals surface area contributed by atoms with Crippen LogP contribution in [0, 0.1) is 0 Å². The fourth-order valence-electron chi connectivity index (χ4n) is 1.34. The predicted octanol–water partition coefficient (Wildman–Crippen LogP) is 3.10. The van der Waals surface area contributed by atoms with Gasteiger partial charge in [-0.1, -0.05) is 41.5 Å². The summed E-state index contributed by atoms with van der Waals surface area (Å²) in [6.07, 6.45) is 0. The molecule has 1 aromatic heterocycles. The third-order valence-corrected chi connectivity index (χ3v) is 2.41. The first-order chi connectivity index (χ1) is 6.21. The number of aromatic nitrogens is 1. The highest BCUT2D eigenvalue weighted by molar-refractivity contribution is 5.14. The Labute approximate surface area is 87.6 Å². The summed E-state index contributed by atoms with van der Waals surface area (Å²) < 4.78 is 0. The Morgan fingerprint density at radius 1 is 0.786 bits per heavy atom. The number of aromatic amines is 1. The van der Waals surface area contributed by atoms with Crippen LogP contribution in [0.25, 0.3) is 0 Å². The Hall–Kier alpha value is -0.850. The molecule has 78 valence electrons. The fourth-order valence-corrected chi connectivity index (χ4v) is 1.34. The van der Waals surface area contributed by atoms with Crippen LogP contribution >= 0.6 is 0 Å². The zero-order valence-corrected chi connectivity index (χ0v) is 10.2. The zero-order chi connectivity index (χ0) is 11.0. The van der Waals surface area contributed by atoms with Crippen LogP contribution in [0.1, 0.15) is 52.9 Å². The lowest BCUT2D eigenvalue weighted by atomic mass is 9.88. The van der Waals surface area contributed by atoms with E-state index in [-0.39, 0.29) is 10.8 Å². The molecule has 1 aromatic rings. The normalized spacial score (nSPS) is 13.0. The lowest BCUT2D eigenvalue weighted by molar-refractivity contribution is -0.414. The third-order valence-electron chi connectivity index (χ3n) is 2.41. The van der Waals surface area contributed by atoms with Gasteiger partial charge in [-0.2, -0.15) is 0 Å². The molecule has 1 heterocycles. The van der Waals surface area contributed by atoms with E-state index in [0.29, 0.717) is 0 Å². The van der Waals surface area contributed by atoms with Gasteiger partial charge in [0.15, 0.2) is 11.4 Å². The maximum Gasteiger partial charge on any atom is 0.185 e. The molecule has 1 N–H and O–H groups in total. The molecule has 1 nitrogen and oxygen atoms in total. The molecular formula is C13H22N+. The number of hydrogen-bond acceptors (Lipinski definition) is 0. The molecule has 0 fully saturated rings. The molecule has 0 saturated heterocycles. The van der Waals surface area contributed by atoms with E-state index >= 15 is 0 Å². The average molecular weight is 192 g/mol. The van der Waals surface area contributed by atoms with Crippen LogP contribution < -0.4 is 4.98 Å². The Bertz CT molecular complexity index is 283. The minimum Gasteiger partial charge on any atom is -0.212 e. The van der Waals surface area contributed by atoms with Gasteiger partial charge in [0.25, 0.3) is 0 Å². The standard InChI is InChI=1S/C13H21N/c1-12(2,3)10-8-7-9-11(14-10)13(4,5)6/h7-9H,1-6H3/p+1. The first-order valence-corrected chi connectivity index (χ1v) is 5.24. The molecule has 0 spiro atoms. The molecule has 1 rings (SSSR count). The van der Waals surface area contributed by atoms with Gasteiger partial charge in [0.05, 0.1) is 0 Å². The van der Waals surface area contributed by atoms with Gasteiger partial charge in [0.2, 0.25) is 0 Å². The number of rotatable bonds is 0. The van der Waals surface area contributed by atoms with Crippen LogP contribution in [0.15, 0.2) is 18.2 Å². The Morgan fingerprint density at radius 2 is 1.14 bits per heavy atom. The largest absolute Gasteiger partial charge is 0.212 e. The first kappa shape index (κ1) is 11.2. The van der Waals surface area contributed by atoms with Crippen molar-refractivity contribution in [3.05, 3.63) is 29.6 Å². The van der Waals surface area contributed by atoms with E-state index in [1.807, 2.05) is 0 Å². The molecule has 0 amide bonds. The first-order valence-electron chi connectivity index (χ1n) is 5.24. The Morgan fingerprint density at radius 3 is 1.43 bits per heavy atom. The smallest absolute Gasteiger partial charge is 0.185 e. The van der Waals surface area contributed by atoms with Crippen molar-refractivity contribution in [1.82, 2.24) is 0 Å². The molecule has 0 aromatic carbocycles. The summed E-state index contributed by atoms with van der Waals surface area (Å²) in [7, 11) is 0. The molecule has 0 unspecified atom stereocenters. The number of pyridine rings is 1. The SMILES string of the molecule is CC(C)(C)c1cccc(C(C)(C)C)[nH+]1. The van der Waals surface area contributed by atoms with E-state index < -0.39 is 0 Å². The Kier molecular flexibility index (Phi) is 2.71. The van der Waals surface area contributed by atoms with Crippen molar-refractivity contribution in [1.29, 1.82) is 0 Å². The molecule has 0 aliphatic rings. The highest BCUT2D eigenvalue weighted by atomic mass is 14.7. The topological polar surface area (TPSA) is 14.1 Å². The maximum atomic E-state index is 3.52. The average Bonchev–Trinajstić information content (AvgIpc) is 2.01. The van der Waals surface area contributed by atoms with Gasteiger partial charge in [-0.3, -0.25) is 0 Å². The number of H-pyrrole nitrogens is 1. The van der Waals surface area contributed by atoms with Gasteiger partial charge in [-0.15, -0.1) is 0 Å². The van der Waals surface area contributed by atoms with Gasteiger partial charge < -0.3 is 0 Å². The summed E-state index contributed by atoms with van der Waals surface area (Å²) in [5, 5.41) is 0. The summed E-state index contributed by atoms with van der Waals surface area (Å²) in [6, 6.07) is 6.46. The minimum atomic E-state index is 0.196. The lowest BCUT2D eigenvalue weighted by Crippen LogP contribution is -2.32. The van der Waals surface area contributed by atoms with E-state index in [1.165, 1.54) is 11.4 Å². The van der Waals surface area contributed by atoms with Crippen LogP contribution in [0.4, 0.5) is 0 Å². The van der Waals surface area contributed by atoms with E-state index in [0.717, 1.165) is 0 Å². The fraction of sp³-hybridized carbons (Fsp3) is 0.615. The second-order valence-corrected chi connectivity index (χ2v) is 5.98. The van der Waals surface area contributed by atoms with Gasteiger partial charge in [0, 0.05) is 23.0 Å². The summed E-state index contributed by atoms with van der Waals surface area (Å²) in [5.41, 5.74) is 2.98. The summed E-state index contributed by atoms with van der Waals surface area (Å²) in [5.74, 6) is 0. The third kappa shape index (κ3) is 2.57. The molecular weight excluding hydrogens is 170 g/mol. The molecule has 0 aliphatic carbocycles. The molecule has 0 radical (unpaired) electrons. The lowest BCUT2D eigenvalue weighted by Gasteiger charge is -2.17. The highest BCUT2D eigenvalue weighted by Gasteiger charge is 2.26. The van der Waals surface area contributed by atoms with Gasteiger partial charge >= 0.3 is 0 Å². The van der Waals surface area contributed by atoms with Crippen LogP contribution in [-0.2, 0) is 10.8 Å². The summed E-state index contributed by atoms with van der Waals surface area (Å²) in [6.45, 7) is 13.4. The summed E-state index contributed by atoms with van der Waals surface area (Å²) >= 11 is 0. The van der Waals surface area contributed by atoms with E-state index in [2.05, 4.69) is 64.7 Å². The minimum absolute atomic E-state index is 0.196. The van der Waals surface area contributed by atoms with Crippen molar-refractivity contribution >= 4 is 0 Å². The number of nitrogens with one attached hydrogen (secondary N) is 1. The molecule has 0 saturated carbocycles. The molecule has 1 heteroatoms. The quantitative estimate of drug-likeness (QED) is 0.600. The van der Waals surface area contributed by atoms with E-state index in [4.69, 9.17) is 0 Å². The van der Waals surface area contributed by atoms with Crippen LogP contribution in [0.3, 0.4) is 0 Å². The molecule has 0 aliphatic heterocycles. The predicted molar refractivity (Wildman–Crippen MR) is 60.4 cm³/mol. The van der Waals surface area contributed by atoms with Crippen molar-refractivity contribution in [2.24, 2.45) is 0 Å². The monoisotopic (exact) mass is 192 g/mol. The van der Waals surface area contributed by atoms with Crippen molar-refractivity contribution in [2.45, 2.75) is 52.4 Å². The zero-order valence-electron chi connectivity index (χ0n) is 10.2. The van der Waals surface area contributed by atoms with Gasteiger partial charge in [0.1, 0.15) is 0 Å². The number of hydrogen-bond donors (Lipinski definition) is 0. The van der Waals surface area contributed by atoms with Crippen molar-refractivity contribution in [3.63, 3.8) is 0 Å². The van der Waals surface area contributed by atoms with Gasteiger partial charge in [-0.25, -0.2) is 4.98 Å². The van der Waals surface area contributed by atoms with E-state index in [1.54, 1.807) is 0 Å². The van der Waals surface area contributed by atoms with Crippen molar-refractivity contribution in [3.8, 4) is 0 Å². The van der Waals surface area contributed by atoms with E-state index in [9.17, 15) is 0 Å². The molecule has 0 bridgehead atoms. The Balaban J connectivity index is 3.15. The van der Waals surface area contributed by atoms with Crippen LogP contribution in [0.2, 0.25) is 0 Å². The molecule has 14 heavy (non-hydrogen) atoms. The van der Waals surface area contributed by atoms with Crippen LogP contribution in [0.5, 0.6) is 0 Å². The van der Waals surface area contributed by atoms with Crippen molar-refractivity contribution in [2.75, 3.05) is 0 Å². The van der Waals surface area contributed by atoms with Crippen molar-refractivity contribution < 1.29 is 4.98 Å². The maximum absolute atomic E-state index is 3.52. The molecule has 0 atom stereocenters. The summed E-state index contributed by atoms with van der Waals surface area (Å²) in [4.78, 5) is 3.52.